The number of aliphatic imine (C=N–C) groups is 1. The van der Waals surface area contributed by atoms with Gasteiger partial charge in [-0.2, -0.15) is 0 Å². The summed E-state index contributed by atoms with van der Waals surface area (Å²) < 4.78 is 10.8. The van der Waals surface area contributed by atoms with Crippen molar-refractivity contribution in [1.82, 2.24) is 10.6 Å². The van der Waals surface area contributed by atoms with Gasteiger partial charge >= 0.3 is 0 Å². The quantitative estimate of drug-likeness (QED) is 0.305. The Balaban J connectivity index is 0.00000338. The summed E-state index contributed by atoms with van der Waals surface area (Å²) in [7, 11) is 1.61. The normalized spacial score (nSPS) is 15.1. The number of benzene rings is 1. The zero-order valence-electron chi connectivity index (χ0n) is 15.8. The number of nitrogens with zero attached hydrogens (tertiary/aromatic N) is 1. The number of hydrogen-bond acceptors (Lipinski definition) is 4. The standard InChI is InChI=1S/C19H31N3O3.HI/c1-3-20-19(22-16-7-5-4-6-8-16)21-14-15-9-10-17(25-12-11-23)18(13-15)24-2;/h9-10,13,16,23H,3-8,11-12,14H2,1-2H3,(H2,20,21,22);1H. The van der Waals surface area contributed by atoms with Gasteiger partial charge in [-0.15, -0.1) is 24.0 Å². The molecule has 0 atom stereocenters. The van der Waals surface area contributed by atoms with Gasteiger partial charge in [-0.05, 0) is 37.5 Å². The number of halogens is 1. The minimum Gasteiger partial charge on any atom is -0.493 e. The second kappa shape index (κ2) is 13.0. The molecular formula is C19H32IN3O3. The van der Waals surface area contributed by atoms with E-state index in [1.165, 1.54) is 32.1 Å². The lowest BCUT2D eigenvalue weighted by atomic mass is 9.96. The van der Waals surface area contributed by atoms with Gasteiger partial charge in [0.15, 0.2) is 17.5 Å². The van der Waals surface area contributed by atoms with Gasteiger partial charge in [0.25, 0.3) is 0 Å². The molecular weight excluding hydrogens is 445 g/mol. The van der Waals surface area contributed by atoms with E-state index in [4.69, 9.17) is 19.6 Å². The first-order valence-corrected chi connectivity index (χ1v) is 9.22. The summed E-state index contributed by atoms with van der Waals surface area (Å²) in [4.78, 5) is 4.70. The fourth-order valence-electron chi connectivity index (χ4n) is 3.02. The van der Waals surface area contributed by atoms with E-state index in [1.807, 2.05) is 18.2 Å². The van der Waals surface area contributed by atoms with Crippen LogP contribution in [-0.2, 0) is 6.54 Å². The Kier molecular flexibility index (Phi) is 11.4. The zero-order chi connectivity index (χ0) is 17.9. The lowest BCUT2D eigenvalue weighted by Crippen LogP contribution is -2.44. The van der Waals surface area contributed by atoms with Crippen LogP contribution in [0.1, 0.15) is 44.6 Å². The van der Waals surface area contributed by atoms with Crippen LogP contribution in [0, 0.1) is 0 Å². The number of aliphatic hydroxyl groups excluding tert-OH is 1. The molecule has 0 unspecified atom stereocenters. The summed E-state index contributed by atoms with van der Waals surface area (Å²) in [6.07, 6.45) is 6.37. The molecule has 6 nitrogen and oxygen atoms in total. The second-order valence-electron chi connectivity index (χ2n) is 6.23. The molecule has 0 spiro atoms. The summed E-state index contributed by atoms with van der Waals surface area (Å²) >= 11 is 0. The van der Waals surface area contributed by atoms with Crippen LogP contribution in [0.5, 0.6) is 11.5 Å². The Labute approximate surface area is 173 Å². The molecule has 7 heteroatoms. The minimum absolute atomic E-state index is 0. The van der Waals surface area contributed by atoms with Crippen molar-refractivity contribution in [3.8, 4) is 11.5 Å². The second-order valence-corrected chi connectivity index (χ2v) is 6.23. The molecule has 1 fully saturated rings. The van der Waals surface area contributed by atoms with Crippen molar-refractivity contribution in [2.45, 2.75) is 51.6 Å². The summed E-state index contributed by atoms with van der Waals surface area (Å²) in [5.41, 5.74) is 1.05. The molecule has 1 aromatic carbocycles. The Morgan fingerprint density at radius 1 is 1.23 bits per heavy atom. The van der Waals surface area contributed by atoms with Gasteiger partial charge in [-0.1, -0.05) is 25.3 Å². The molecule has 0 aromatic heterocycles. The van der Waals surface area contributed by atoms with Crippen molar-refractivity contribution < 1.29 is 14.6 Å². The number of aliphatic hydroxyl groups is 1. The number of nitrogens with one attached hydrogen (secondary N) is 2. The molecule has 0 aliphatic heterocycles. The molecule has 1 aliphatic carbocycles. The van der Waals surface area contributed by atoms with Crippen LogP contribution in [0.4, 0.5) is 0 Å². The Morgan fingerprint density at radius 3 is 2.65 bits per heavy atom. The summed E-state index contributed by atoms with van der Waals surface area (Å²) in [5, 5.41) is 15.8. The van der Waals surface area contributed by atoms with Gasteiger partial charge in [0.2, 0.25) is 0 Å². The van der Waals surface area contributed by atoms with Crippen LogP contribution in [0.15, 0.2) is 23.2 Å². The fraction of sp³-hybridized carbons (Fsp3) is 0.632. The molecule has 1 aromatic rings. The number of rotatable bonds is 8. The Bertz CT molecular complexity index is 549. The monoisotopic (exact) mass is 477 g/mol. The van der Waals surface area contributed by atoms with Crippen molar-refractivity contribution in [2.24, 2.45) is 4.99 Å². The summed E-state index contributed by atoms with van der Waals surface area (Å²) in [5.74, 6) is 2.16. The molecule has 1 aliphatic rings. The maximum absolute atomic E-state index is 8.88. The SMILES string of the molecule is CCNC(=NCc1ccc(OCCO)c(OC)c1)NC1CCCCC1.I. The van der Waals surface area contributed by atoms with Crippen molar-refractivity contribution in [3.63, 3.8) is 0 Å². The van der Waals surface area contributed by atoms with E-state index in [1.54, 1.807) is 7.11 Å². The Hall–Kier alpha value is -1.22. The topological polar surface area (TPSA) is 75.1 Å². The number of ether oxygens (including phenoxy) is 2. The molecule has 3 N–H and O–H groups in total. The van der Waals surface area contributed by atoms with Crippen molar-refractivity contribution in [3.05, 3.63) is 23.8 Å². The van der Waals surface area contributed by atoms with Crippen molar-refractivity contribution in [1.29, 1.82) is 0 Å². The van der Waals surface area contributed by atoms with Crippen molar-refractivity contribution >= 4 is 29.9 Å². The fourth-order valence-corrected chi connectivity index (χ4v) is 3.02. The van der Waals surface area contributed by atoms with Gasteiger partial charge < -0.3 is 25.2 Å². The van der Waals surface area contributed by atoms with Gasteiger partial charge in [-0.3, -0.25) is 0 Å². The van der Waals surface area contributed by atoms with Crippen LogP contribution in [0.3, 0.4) is 0 Å². The molecule has 1 saturated carbocycles. The number of guanidine groups is 1. The number of methoxy groups -OCH3 is 1. The average Bonchev–Trinajstić information content (AvgIpc) is 2.65. The van der Waals surface area contributed by atoms with E-state index >= 15 is 0 Å². The molecule has 148 valence electrons. The van der Waals surface area contributed by atoms with E-state index in [2.05, 4.69) is 17.6 Å². The molecule has 0 radical (unpaired) electrons. The van der Waals surface area contributed by atoms with Gasteiger partial charge in [-0.25, -0.2) is 4.99 Å². The molecule has 0 bridgehead atoms. The van der Waals surface area contributed by atoms with E-state index in [0.29, 0.717) is 24.1 Å². The van der Waals surface area contributed by atoms with Crippen LogP contribution in [0.25, 0.3) is 0 Å². The van der Waals surface area contributed by atoms with E-state index in [-0.39, 0.29) is 37.2 Å². The first kappa shape index (κ1) is 22.8. The van der Waals surface area contributed by atoms with Crippen LogP contribution < -0.4 is 20.1 Å². The Morgan fingerprint density at radius 2 is 2.00 bits per heavy atom. The highest BCUT2D eigenvalue weighted by molar-refractivity contribution is 14.0. The highest BCUT2D eigenvalue weighted by atomic mass is 127. The predicted octanol–water partition coefficient (Wildman–Crippen LogP) is 3.07. The van der Waals surface area contributed by atoms with Gasteiger partial charge in [0.05, 0.1) is 20.3 Å². The van der Waals surface area contributed by atoms with Crippen molar-refractivity contribution in [2.75, 3.05) is 26.9 Å². The highest BCUT2D eigenvalue weighted by Gasteiger charge is 2.14. The minimum atomic E-state index is -0.0198. The van der Waals surface area contributed by atoms with E-state index < -0.39 is 0 Å². The smallest absolute Gasteiger partial charge is 0.191 e. The molecule has 0 heterocycles. The van der Waals surface area contributed by atoms with Gasteiger partial charge in [0, 0.05) is 12.6 Å². The number of hydrogen-bond donors (Lipinski definition) is 3. The largest absolute Gasteiger partial charge is 0.493 e. The maximum atomic E-state index is 8.88. The molecule has 0 saturated heterocycles. The third-order valence-electron chi connectivity index (χ3n) is 4.29. The lowest BCUT2D eigenvalue weighted by Gasteiger charge is -2.24. The third-order valence-corrected chi connectivity index (χ3v) is 4.29. The van der Waals surface area contributed by atoms with Gasteiger partial charge in [0.1, 0.15) is 6.61 Å². The summed E-state index contributed by atoms with van der Waals surface area (Å²) in [6.45, 7) is 3.72. The van der Waals surface area contributed by atoms with E-state index in [0.717, 1.165) is 18.1 Å². The molecule has 2 rings (SSSR count). The van der Waals surface area contributed by atoms with Crippen LogP contribution in [-0.4, -0.2) is 44.0 Å². The maximum Gasteiger partial charge on any atom is 0.191 e. The summed E-state index contributed by atoms with van der Waals surface area (Å²) in [6, 6.07) is 6.29. The van der Waals surface area contributed by atoms with Crippen LogP contribution >= 0.6 is 24.0 Å². The highest BCUT2D eigenvalue weighted by Crippen LogP contribution is 2.28. The zero-order valence-corrected chi connectivity index (χ0v) is 18.1. The first-order chi connectivity index (χ1) is 12.3. The first-order valence-electron chi connectivity index (χ1n) is 9.22. The molecule has 0 amide bonds. The lowest BCUT2D eigenvalue weighted by molar-refractivity contribution is 0.196. The van der Waals surface area contributed by atoms with Crippen LogP contribution in [0.2, 0.25) is 0 Å². The third kappa shape index (κ3) is 7.57. The average molecular weight is 477 g/mol. The molecule has 26 heavy (non-hydrogen) atoms. The van der Waals surface area contributed by atoms with E-state index in [9.17, 15) is 0 Å². The predicted molar refractivity (Wildman–Crippen MR) is 116 cm³/mol.